The van der Waals surface area contributed by atoms with Gasteiger partial charge in [0.2, 0.25) is 11.8 Å². The molecule has 2 aromatic carbocycles. The Morgan fingerprint density at radius 1 is 0.974 bits per heavy atom. The predicted molar refractivity (Wildman–Crippen MR) is 142 cm³/mol. The molecule has 9 nitrogen and oxygen atoms in total. The number of rotatable bonds is 6. The average Bonchev–Trinajstić information content (AvgIpc) is 3.47. The third-order valence-electron chi connectivity index (χ3n) is 7.14. The van der Waals surface area contributed by atoms with Crippen LogP contribution in [0.5, 0.6) is 0 Å². The molecule has 2 N–H and O–H groups in total. The smallest absolute Gasteiger partial charge is 0.266 e. The van der Waals surface area contributed by atoms with Gasteiger partial charge in [-0.1, -0.05) is 11.8 Å². The molecule has 198 valence electrons. The van der Waals surface area contributed by atoms with Crippen molar-refractivity contribution in [3.05, 3.63) is 64.2 Å². The quantitative estimate of drug-likeness (QED) is 0.381. The molecule has 3 aromatic rings. The largest absolute Gasteiger partial charge is 0.369 e. The molecule has 2 fully saturated rings. The number of nitrogens with zero attached hydrogens (tertiary/aromatic N) is 4. The van der Waals surface area contributed by atoms with Crippen molar-refractivity contribution < 1.29 is 18.8 Å². The van der Waals surface area contributed by atoms with Gasteiger partial charge in [0.05, 0.1) is 22.3 Å². The second-order valence-corrected chi connectivity index (χ2v) is 10.5. The van der Waals surface area contributed by atoms with Crippen LogP contribution in [0.3, 0.4) is 0 Å². The van der Waals surface area contributed by atoms with E-state index in [1.165, 1.54) is 28.8 Å². The Kier molecular flexibility index (Phi) is 7.46. The summed E-state index contributed by atoms with van der Waals surface area (Å²) >= 11 is 1.14. The summed E-state index contributed by atoms with van der Waals surface area (Å²) in [7, 11) is 0. The normalized spacial score (nSPS) is 16.2. The molecule has 0 bridgehead atoms. The highest BCUT2D eigenvalue weighted by atomic mass is 32.2. The van der Waals surface area contributed by atoms with Gasteiger partial charge in [0.25, 0.3) is 11.5 Å². The average molecular weight is 538 g/mol. The van der Waals surface area contributed by atoms with Crippen LogP contribution < -0.4 is 11.3 Å². The zero-order valence-corrected chi connectivity index (χ0v) is 21.6. The third-order valence-corrected chi connectivity index (χ3v) is 8.06. The highest BCUT2D eigenvalue weighted by Gasteiger charge is 2.27. The van der Waals surface area contributed by atoms with Crippen LogP contribution >= 0.6 is 11.8 Å². The van der Waals surface area contributed by atoms with Crippen LogP contribution in [0.1, 0.15) is 36.0 Å². The highest BCUT2D eigenvalue weighted by Crippen LogP contribution is 2.25. The summed E-state index contributed by atoms with van der Waals surface area (Å²) in [5.41, 5.74) is 6.17. The Hall–Kier alpha value is -3.73. The SMILES string of the molecule is NC(=O)C1CCN(C(=O)c2ccc3c(=O)n(-c4ccc(F)cc4)c(SCC(=O)N4CCCC4)nc3c2)CC1. The van der Waals surface area contributed by atoms with Gasteiger partial charge in [-0.25, -0.2) is 9.37 Å². The van der Waals surface area contributed by atoms with Crippen molar-refractivity contribution in [2.24, 2.45) is 11.7 Å². The van der Waals surface area contributed by atoms with E-state index in [1.54, 1.807) is 28.0 Å². The Balaban J connectivity index is 1.48. The number of hydrogen-bond acceptors (Lipinski definition) is 6. The van der Waals surface area contributed by atoms with E-state index in [4.69, 9.17) is 5.73 Å². The fourth-order valence-corrected chi connectivity index (χ4v) is 5.86. The number of hydrogen-bond donors (Lipinski definition) is 1. The van der Waals surface area contributed by atoms with Gasteiger partial charge in [-0.05, 0) is 68.1 Å². The highest BCUT2D eigenvalue weighted by molar-refractivity contribution is 7.99. The molecule has 38 heavy (non-hydrogen) atoms. The van der Waals surface area contributed by atoms with Crippen molar-refractivity contribution in [2.45, 2.75) is 30.8 Å². The molecule has 2 aliphatic heterocycles. The van der Waals surface area contributed by atoms with Crippen LogP contribution in [0.15, 0.2) is 52.4 Å². The zero-order chi connectivity index (χ0) is 26.8. The number of benzene rings is 2. The van der Waals surface area contributed by atoms with E-state index >= 15 is 0 Å². The first kappa shape index (κ1) is 25.9. The van der Waals surface area contributed by atoms with E-state index in [0.717, 1.165) is 37.7 Å². The molecule has 0 radical (unpaired) electrons. The monoisotopic (exact) mass is 537 g/mol. The van der Waals surface area contributed by atoms with Crippen molar-refractivity contribution in [2.75, 3.05) is 31.9 Å². The van der Waals surface area contributed by atoms with Gasteiger partial charge < -0.3 is 15.5 Å². The molecule has 0 atom stereocenters. The minimum atomic E-state index is -0.433. The number of primary amides is 1. The first-order valence-electron chi connectivity index (χ1n) is 12.6. The molecule has 11 heteroatoms. The number of likely N-dealkylation sites (tertiary alicyclic amines) is 2. The molecule has 5 rings (SSSR count). The topological polar surface area (TPSA) is 119 Å². The Morgan fingerprint density at radius 2 is 1.66 bits per heavy atom. The lowest BCUT2D eigenvalue weighted by Gasteiger charge is -2.30. The van der Waals surface area contributed by atoms with Crippen LogP contribution in [0, 0.1) is 11.7 Å². The summed E-state index contributed by atoms with van der Waals surface area (Å²) in [6.07, 6.45) is 2.98. The lowest BCUT2D eigenvalue weighted by Crippen LogP contribution is -2.41. The number of halogens is 1. The van der Waals surface area contributed by atoms with Crippen molar-refractivity contribution >= 4 is 40.4 Å². The minimum absolute atomic E-state index is 0.0317. The summed E-state index contributed by atoms with van der Waals surface area (Å²) in [6, 6.07) is 10.2. The second kappa shape index (κ2) is 10.9. The number of thioether (sulfide) groups is 1. The fourth-order valence-electron chi connectivity index (χ4n) is 4.95. The molecule has 0 spiro atoms. The first-order chi connectivity index (χ1) is 18.3. The molecule has 2 saturated heterocycles. The molecular weight excluding hydrogens is 509 g/mol. The maximum atomic E-state index is 13.6. The number of carbonyl (C=O) groups is 3. The molecule has 3 heterocycles. The standard InChI is InChI=1S/C27H28FN5O4S/c28-19-4-6-20(7-5-19)33-26(37)21-8-3-18(25(36)32-13-9-17(10-14-32)24(29)35)15-22(21)30-27(33)38-16-23(34)31-11-1-2-12-31/h3-8,15,17H,1-2,9-14,16H2,(H2,29,35). The van der Waals surface area contributed by atoms with Gasteiger partial charge in [0, 0.05) is 37.7 Å². The zero-order valence-electron chi connectivity index (χ0n) is 20.8. The fraction of sp³-hybridized carbons (Fsp3) is 0.370. The van der Waals surface area contributed by atoms with Gasteiger partial charge >= 0.3 is 0 Å². The lowest BCUT2D eigenvalue weighted by molar-refractivity contribution is -0.127. The van der Waals surface area contributed by atoms with E-state index in [9.17, 15) is 23.6 Å². The van der Waals surface area contributed by atoms with Crippen molar-refractivity contribution in [3.8, 4) is 5.69 Å². The summed E-state index contributed by atoms with van der Waals surface area (Å²) < 4.78 is 15.0. The number of aromatic nitrogens is 2. The van der Waals surface area contributed by atoms with Gasteiger partial charge in [-0.3, -0.25) is 23.7 Å². The van der Waals surface area contributed by atoms with Crippen LogP contribution in [0.25, 0.3) is 16.6 Å². The molecule has 3 amide bonds. The summed E-state index contributed by atoms with van der Waals surface area (Å²) in [6.45, 7) is 2.28. The molecule has 2 aliphatic rings. The predicted octanol–water partition coefficient (Wildman–Crippen LogP) is 2.58. The number of piperidine rings is 1. The van der Waals surface area contributed by atoms with E-state index in [2.05, 4.69) is 4.98 Å². The van der Waals surface area contributed by atoms with Gasteiger partial charge in [-0.15, -0.1) is 0 Å². The number of nitrogens with two attached hydrogens (primary N) is 1. The summed E-state index contributed by atoms with van der Waals surface area (Å²) in [5.74, 6) is -1.15. The van der Waals surface area contributed by atoms with E-state index in [1.807, 2.05) is 0 Å². The van der Waals surface area contributed by atoms with Crippen LogP contribution in [-0.2, 0) is 9.59 Å². The Bertz CT molecular complexity index is 1440. The van der Waals surface area contributed by atoms with E-state index in [-0.39, 0.29) is 40.1 Å². The van der Waals surface area contributed by atoms with Crippen LogP contribution in [-0.4, -0.2) is 69.0 Å². The minimum Gasteiger partial charge on any atom is -0.369 e. The molecule has 1 aromatic heterocycles. The Morgan fingerprint density at radius 3 is 2.32 bits per heavy atom. The van der Waals surface area contributed by atoms with E-state index < -0.39 is 5.82 Å². The maximum absolute atomic E-state index is 13.6. The van der Waals surface area contributed by atoms with Crippen LogP contribution in [0.4, 0.5) is 4.39 Å². The molecular formula is C27H28FN5O4S. The Labute approximate surface area is 222 Å². The van der Waals surface area contributed by atoms with Gasteiger partial charge in [0.1, 0.15) is 5.82 Å². The maximum Gasteiger partial charge on any atom is 0.266 e. The molecule has 0 unspecified atom stereocenters. The third kappa shape index (κ3) is 5.28. The lowest BCUT2D eigenvalue weighted by atomic mass is 9.96. The van der Waals surface area contributed by atoms with Crippen molar-refractivity contribution in [1.29, 1.82) is 0 Å². The van der Waals surface area contributed by atoms with Gasteiger partial charge in [-0.2, -0.15) is 0 Å². The van der Waals surface area contributed by atoms with Gasteiger partial charge in [0.15, 0.2) is 5.16 Å². The summed E-state index contributed by atoms with van der Waals surface area (Å²) in [5, 5.41) is 0.585. The molecule has 0 aliphatic carbocycles. The van der Waals surface area contributed by atoms with Crippen LogP contribution in [0.2, 0.25) is 0 Å². The molecule has 0 saturated carbocycles. The van der Waals surface area contributed by atoms with Crippen molar-refractivity contribution in [1.82, 2.24) is 19.4 Å². The second-order valence-electron chi connectivity index (χ2n) is 9.59. The summed E-state index contributed by atoms with van der Waals surface area (Å²) in [4.78, 5) is 59.1. The first-order valence-corrected chi connectivity index (χ1v) is 13.6. The number of carbonyl (C=O) groups excluding carboxylic acids is 3. The number of amides is 3. The van der Waals surface area contributed by atoms with Crippen molar-refractivity contribution in [3.63, 3.8) is 0 Å². The number of fused-ring (bicyclic) bond motifs is 1. The van der Waals surface area contributed by atoms with E-state index in [0.29, 0.717) is 48.1 Å².